The summed E-state index contributed by atoms with van der Waals surface area (Å²) in [5.41, 5.74) is 3.47. The highest BCUT2D eigenvalue weighted by atomic mass is 35.5. The van der Waals surface area contributed by atoms with E-state index in [4.69, 9.17) is 11.6 Å². The molecule has 1 atom stereocenters. The van der Waals surface area contributed by atoms with Crippen LogP contribution in [-0.2, 0) is 6.42 Å². The highest BCUT2D eigenvalue weighted by Gasteiger charge is 2.26. The molecule has 25 heavy (non-hydrogen) atoms. The fourth-order valence-corrected chi connectivity index (χ4v) is 3.21. The van der Waals surface area contributed by atoms with Crippen molar-refractivity contribution in [3.05, 3.63) is 70.4 Å². The molecule has 6 nitrogen and oxygen atoms in total. The third-order valence-electron chi connectivity index (χ3n) is 4.31. The van der Waals surface area contributed by atoms with Crippen LogP contribution in [0.3, 0.4) is 0 Å². The van der Waals surface area contributed by atoms with Crippen molar-refractivity contribution in [3.8, 4) is 0 Å². The standard InChI is InChI=1S/C18H16ClN5O/c19-12-6-8-13(9-7-12)20-17-16(22-24-23-17)18(25)21-15-10-5-11-3-1-2-4-14(11)15/h1-4,6-9,15H,5,10H2,(H,21,25)(H2,20,22,23,24)/t15-/m0/s1. The quantitative estimate of drug-likeness (QED) is 0.669. The summed E-state index contributed by atoms with van der Waals surface area (Å²) < 4.78 is 0. The molecule has 1 aliphatic carbocycles. The molecule has 126 valence electrons. The van der Waals surface area contributed by atoms with E-state index in [1.165, 1.54) is 11.1 Å². The number of carbonyl (C=O) groups excluding carboxylic acids is 1. The monoisotopic (exact) mass is 353 g/mol. The average Bonchev–Trinajstić information content (AvgIpc) is 3.24. The molecule has 0 saturated carbocycles. The third-order valence-corrected chi connectivity index (χ3v) is 4.56. The Morgan fingerprint density at radius 2 is 1.92 bits per heavy atom. The molecular weight excluding hydrogens is 338 g/mol. The number of nitrogens with one attached hydrogen (secondary N) is 3. The van der Waals surface area contributed by atoms with Gasteiger partial charge in [0.1, 0.15) is 0 Å². The maximum atomic E-state index is 12.6. The van der Waals surface area contributed by atoms with Gasteiger partial charge in [0.15, 0.2) is 11.5 Å². The van der Waals surface area contributed by atoms with Gasteiger partial charge < -0.3 is 10.6 Å². The van der Waals surface area contributed by atoms with Crippen LogP contribution >= 0.6 is 11.6 Å². The molecule has 1 aliphatic rings. The number of aromatic nitrogens is 3. The Labute approximate surface area is 149 Å². The van der Waals surface area contributed by atoms with Crippen molar-refractivity contribution in [2.45, 2.75) is 18.9 Å². The molecule has 2 aromatic carbocycles. The second-order valence-electron chi connectivity index (χ2n) is 5.92. The Kier molecular flexibility index (Phi) is 4.11. The SMILES string of the molecule is O=C(N[C@H]1CCc2ccccc21)c1n[nH]nc1Nc1ccc(Cl)cc1. The number of halogens is 1. The molecule has 0 unspecified atom stereocenters. The molecule has 3 N–H and O–H groups in total. The summed E-state index contributed by atoms with van der Waals surface area (Å²) >= 11 is 5.89. The zero-order valence-electron chi connectivity index (χ0n) is 13.3. The lowest BCUT2D eigenvalue weighted by Crippen LogP contribution is -2.28. The molecule has 7 heteroatoms. The molecule has 0 bridgehead atoms. The summed E-state index contributed by atoms with van der Waals surface area (Å²) in [6.07, 6.45) is 1.86. The Morgan fingerprint density at radius 3 is 2.76 bits per heavy atom. The van der Waals surface area contributed by atoms with Gasteiger partial charge >= 0.3 is 0 Å². The first-order valence-electron chi connectivity index (χ1n) is 8.03. The Hall–Kier alpha value is -2.86. The molecule has 0 aliphatic heterocycles. The number of nitrogens with zero attached hydrogens (tertiary/aromatic N) is 2. The molecule has 4 rings (SSSR count). The Morgan fingerprint density at radius 1 is 1.12 bits per heavy atom. The van der Waals surface area contributed by atoms with Crippen molar-refractivity contribution < 1.29 is 4.79 Å². The van der Waals surface area contributed by atoms with E-state index in [9.17, 15) is 4.79 Å². The molecule has 3 aromatic rings. The minimum absolute atomic E-state index is 0.00350. The van der Waals surface area contributed by atoms with E-state index >= 15 is 0 Å². The molecule has 0 radical (unpaired) electrons. The lowest BCUT2D eigenvalue weighted by Gasteiger charge is -2.13. The minimum atomic E-state index is -0.257. The van der Waals surface area contributed by atoms with Crippen LogP contribution in [0.2, 0.25) is 5.02 Å². The summed E-state index contributed by atoms with van der Waals surface area (Å²) in [5.74, 6) is 0.123. The number of aromatic amines is 1. The fraction of sp³-hybridized carbons (Fsp3) is 0.167. The van der Waals surface area contributed by atoms with E-state index in [-0.39, 0.29) is 17.6 Å². The number of anilines is 2. The Balaban J connectivity index is 1.50. The maximum Gasteiger partial charge on any atom is 0.276 e. The highest BCUT2D eigenvalue weighted by Crippen LogP contribution is 2.31. The van der Waals surface area contributed by atoms with E-state index in [1.54, 1.807) is 12.1 Å². The molecule has 1 heterocycles. The van der Waals surface area contributed by atoms with Crippen molar-refractivity contribution in [1.29, 1.82) is 0 Å². The first-order valence-corrected chi connectivity index (χ1v) is 8.40. The van der Waals surface area contributed by atoms with Gasteiger partial charge in [0.25, 0.3) is 5.91 Å². The van der Waals surface area contributed by atoms with Gasteiger partial charge in [0.05, 0.1) is 6.04 Å². The van der Waals surface area contributed by atoms with E-state index < -0.39 is 0 Å². The fourth-order valence-electron chi connectivity index (χ4n) is 3.08. The van der Waals surface area contributed by atoms with Crippen LogP contribution < -0.4 is 10.6 Å². The van der Waals surface area contributed by atoms with Gasteiger partial charge in [-0.1, -0.05) is 35.9 Å². The number of aryl methyl sites for hydroxylation is 1. The van der Waals surface area contributed by atoms with Crippen LogP contribution in [-0.4, -0.2) is 21.3 Å². The maximum absolute atomic E-state index is 12.6. The summed E-state index contributed by atoms with van der Waals surface area (Å²) in [4.78, 5) is 12.6. The van der Waals surface area contributed by atoms with Crippen LogP contribution in [0.1, 0.15) is 34.1 Å². The summed E-state index contributed by atoms with van der Waals surface area (Å²) in [5, 5.41) is 17.3. The lowest BCUT2D eigenvalue weighted by molar-refractivity contribution is 0.0932. The van der Waals surface area contributed by atoms with Crippen LogP contribution in [0.15, 0.2) is 48.5 Å². The van der Waals surface area contributed by atoms with E-state index in [0.29, 0.717) is 10.8 Å². The lowest BCUT2D eigenvalue weighted by atomic mass is 10.1. The number of hydrogen-bond acceptors (Lipinski definition) is 4. The molecule has 1 aromatic heterocycles. The molecular formula is C18H16ClN5O. The van der Waals surface area contributed by atoms with Gasteiger partial charge in [-0.05, 0) is 48.2 Å². The van der Waals surface area contributed by atoms with Crippen LogP contribution in [0.25, 0.3) is 0 Å². The van der Waals surface area contributed by atoms with E-state index in [1.807, 2.05) is 24.3 Å². The second-order valence-corrected chi connectivity index (χ2v) is 6.35. The predicted molar refractivity (Wildman–Crippen MR) is 96.1 cm³/mol. The summed E-state index contributed by atoms with van der Waals surface area (Å²) in [6, 6.07) is 15.3. The topological polar surface area (TPSA) is 82.7 Å². The van der Waals surface area contributed by atoms with Crippen molar-refractivity contribution in [2.75, 3.05) is 5.32 Å². The van der Waals surface area contributed by atoms with Crippen LogP contribution in [0, 0.1) is 0 Å². The zero-order valence-corrected chi connectivity index (χ0v) is 14.0. The van der Waals surface area contributed by atoms with Gasteiger partial charge in [0.2, 0.25) is 0 Å². The number of fused-ring (bicyclic) bond motifs is 1. The molecule has 0 fully saturated rings. The number of carbonyl (C=O) groups is 1. The van der Waals surface area contributed by atoms with Crippen LogP contribution in [0.4, 0.5) is 11.5 Å². The smallest absolute Gasteiger partial charge is 0.276 e. The third kappa shape index (κ3) is 3.21. The van der Waals surface area contributed by atoms with Gasteiger partial charge in [0, 0.05) is 10.7 Å². The molecule has 0 spiro atoms. The zero-order chi connectivity index (χ0) is 17.2. The number of amides is 1. The normalized spacial score (nSPS) is 15.6. The molecule has 0 saturated heterocycles. The predicted octanol–water partition coefficient (Wildman–Crippen LogP) is 3.62. The van der Waals surface area contributed by atoms with E-state index in [2.05, 4.69) is 38.2 Å². The number of H-pyrrole nitrogens is 1. The summed E-state index contributed by atoms with van der Waals surface area (Å²) in [6.45, 7) is 0. The van der Waals surface area contributed by atoms with Gasteiger partial charge in [-0.25, -0.2) is 0 Å². The van der Waals surface area contributed by atoms with Crippen molar-refractivity contribution in [3.63, 3.8) is 0 Å². The second kappa shape index (κ2) is 6.57. The van der Waals surface area contributed by atoms with Crippen molar-refractivity contribution >= 4 is 29.0 Å². The van der Waals surface area contributed by atoms with Crippen molar-refractivity contribution in [2.24, 2.45) is 0 Å². The van der Waals surface area contributed by atoms with Crippen LogP contribution in [0.5, 0.6) is 0 Å². The number of hydrogen-bond donors (Lipinski definition) is 3. The first-order chi connectivity index (χ1) is 12.2. The first kappa shape index (κ1) is 15.7. The van der Waals surface area contributed by atoms with E-state index in [0.717, 1.165) is 18.5 Å². The number of rotatable bonds is 4. The van der Waals surface area contributed by atoms with Gasteiger partial charge in [-0.2, -0.15) is 5.21 Å². The summed E-state index contributed by atoms with van der Waals surface area (Å²) in [7, 11) is 0. The minimum Gasteiger partial charge on any atom is -0.344 e. The highest BCUT2D eigenvalue weighted by molar-refractivity contribution is 6.30. The average molecular weight is 354 g/mol. The van der Waals surface area contributed by atoms with Crippen molar-refractivity contribution in [1.82, 2.24) is 20.7 Å². The van der Waals surface area contributed by atoms with Gasteiger partial charge in [-0.3, -0.25) is 4.79 Å². The number of benzene rings is 2. The van der Waals surface area contributed by atoms with Gasteiger partial charge in [-0.15, -0.1) is 10.2 Å². The largest absolute Gasteiger partial charge is 0.344 e. The molecule has 1 amide bonds. The Bertz CT molecular complexity index is 906.